The number of hydrogen-bond donors (Lipinski definition) is 1. The molecule has 27 heavy (non-hydrogen) atoms. The van der Waals surface area contributed by atoms with Gasteiger partial charge in [-0.1, -0.05) is 44.2 Å². The Labute approximate surface area is 156 Å². The minimum absolute atomic E-state index is 0.199. The van der Waals surface area contributed by atoms with Gasteiger partial charge in [0.1, 0.15) is 5.82 Å². The summed E-state index contributed by atoms with van der Waals surface area (Å²) in [5, 5.41) is 8.14. The molecule has 1 N–H and O–H groups in total. The minimum Gasteiger partial charge on any atom is -0.350 e. The molecule has 3 rings (SSSR count). The van der Waals surface area contributed by atoms with Crippen LogP contribution in [0.4, 0.5) is 4.39 Å². The van der Waals surface area contributed by atoms with Gasteiger partial charge in [0, 0.05) is 18.5 Å². The summed E-state index contributed by atoms with van der Waals surface area (Å²) in [5.41, 5.74) is 0.832. The van der Waals surface area contributed by atoms with Crippen LogP contribution < -0.4 is 10.9 Å². The first-order valence-electron chi connectivity index (χ1n) is 8.98. The van der Waals surface area contributed by atoms with Gasteiger partial charge in [-0.2, -0.15) is 5.10 Å². The Bertz CT molecular complexity index is 1030. The van der Waals surface area contributed by atoms with Crippen LogP contribution in [0.25, 0.3) is 10.8 Å². The number of nitrogens with zero attached hydrogens (tertiary/aromatic N) is 2. The van der Waals surface area contributed by atoms with E-state index in [1.807, 2.05) is 19.9 Å². The molecule has 0 radical (unpaired) electrons. The van der Waals surface area contributed by atoms with Crippen LogP contribution >= 0.6 is 0 Å². The number of benzene rings is 2. The molecule has 1 aromatic heterocycles. The van der Waals surface area contributed by atoms with Gasteiger partial charge in [-0.3, -0.25) is 9.59 Å². The maximum atomic E-state index is 13.2. The van der Waals surface area contributed by atoms with Crippen molar-refractivity contribution in [2.24, 2.45) is 5.92 Å². The summed E-state index contributed by atoms with van der Waals surface area (Å²) in [6.45, 7) is 4.76. The Morgan fingerprint density at radius 3 is 2.59 bits per heavy atom. The Morgan fingerprint density at radius 1 is 1.15 bits per heavy atom. The molecule has 0 aliphatic carbocycles. The first kappa shape index (κ1) is 18.8. The van der Waals surface area contributed by atoms with E-state index in [-0.39, 0.29) is 28.9 Å². The monoisotopic (exact) mass is 367 g/mol. The van der Waals surface area contributed by atoms with Crippen LogP contribution in [0.5, 0.6) is 0 Å². The third-order valence-electron chi connectivity index (χ3n) is 4.21. The zero-order valence-corrected chi connectivity index (χ0v) is 15.4. The molecule has 5 nitrogen and oxygen atoms in total. The van der Waals surface area contributed by atoms with Crippen LogP contribution in [0.3, 0.4) is 0 Å². The highest BCUT2D eigenvalue weighted by Gasteiger charge is 2.16. The molecule has 3 aromatic rings. The van der Waals surface area contributed by atoms with Gasteiger partial charge in [0.25, 0.3) is 11.5 Å². The highest BCUT2D eigenvalue weighted by Crippen LogP contribution is 2.14. The summed E-state index contributed by atoms with van der Waals surface area (Å²) in [6.07, 6.45) is 0.507. The lowest BCUT2D eigenvalue weighted by Crippen LogP contribution is -2.32. The molecule has 2 aromatic carbocycles. The fourth-order valence-electron chi connectivity index (χ4n) is 2.97. The predicted octanol–water partition coefficient (Wildman–Crippen LogP) is 3.16. The second-order valence-electron chi connectivity index (χ2n) is 6.91. The molecular formula is C21H22FN3O2. The average Bonchev–Trinajstić information content (AvgIpc) is 2.64. The van der Waals surface area contributed by atoms with Crippen molar-refractivity contribution in [1.29, 1.82) is 0 Å². The zero-order chi connectivity index (χ0) is 19.4. The fourth-order valence-corrected chi connectivity index (χ4v) is 2.97. The number of amides is 1. The number of halogens is 1. The Hall–Kier alpha value is -3.02. The van der Waals surface area contributed by atoms with Gasteiger partial charge >= 0.3 is 0 Å². The van der Waals surface area contributed by atoms with Gasteiger partial charge in [-0.25, -0.2) is 9.07 Å². The molecule has 1 heterocycles. The second kappa shape index (κ2) is 8.12. The normalized spacial score (nSPS) is 11.1. The van der Waals surface area contributed by atoms with E-state index >= 15 is 0 Å². The highest BCUT2D eigenvalue weighted by atomic mass is 19.1. The molecule has 0 aliphatic rings. The highest BCUT2D eigenvalue weighted by molar-refractivity contribution is 6.04. The van der Waals surface area contributed by atoms with Gasteiger partial charge in [0.05, 0.1) is 5.39 Å². The van der Waals surface area contributed by atoms with E-state index in [0.29, 0.717) is 30.3 Å². The van der Waals surface area contributed by atoms with Crippen molar-refractivity contribution in [2.75, 3.05) is 6.54 Å². The van der Waals surface area contributed by atoms with Crippen LogP contribution in [0.2, 0.25) is 0 Å². The molecule has 0 fully saturated rings. The lowest BCUT2D eigenvalue weighted by atomic mass is 10.1. The molecule has 0 saturated heterocycles. The van der Waals surface area contributed by atoms with Crippen molar-refractivity contribution < 1.29 is 9.18 Å². The molecule has 0 atom stereocenters. The van der Waals surface area contributed by atoms with E-state index in [4.69, 9.17) is 0 Å². The third kappa shape index (κ3) is 4.39. The van der Waals surface area contributed by atoms with Crippen LogP contribution in [0.15, 0.2) is 53.3 Å². The molecule has 0 unspecified atom stereocenters. The largest absolute Gasteiger partial charge is 0.350 e. The Kier molecular flexibility index (Phi) is 5.64. The van der Waals surface area contributed by atoms with Gasteiger partial charge in [-0.15, -0.1) is 0 Å². The summed E-state index contributed by atoms with van der Waals surface area (Å²) >= 11 is 0. The molecule has 0 spiro atoms. The number of carbonyl (C=O) groups is 1. The zero-order valence-electron chi connectivity index (χ0n) is 15.4. The molecule has 0 bridgehead atoms. The molecule has 140 valence electrons. The fraction of sp³-hybridized carbons (Fsp3) is 0.286. The maximum absolute atomic E-state index is 13.2. The van der Waals surface area contributed by atoms with Crippen molar-refractivity contribution in [3.05, 3.63) is 76.0 Å². The standard InChI is InChI=1S/C21H22FN3O2/c1-14(2)13-25-21(27)18-9-4-3-8-17(18)19(24-25)20(26)23-11-10-15-6-5-7-16(22)12-15/h3-9,12,14H,10-11,13H2,1-2H3,(H,23,26). The number of nitrogens with one attached hydrogen (secondary N) is 1. The van der Waals surface area contributed by atoms with Gasteiger partial charge in [0.15, 0.2) is 5.69 Å². The number of fused-ring (bicyclic) bond motifs is 1. The summed E-state index contributed by atoms with van der Waals surface area (Å²) in [5.74, 6) is -0.424. The lowest BCUT2D eigenvalue weighted by molar-refractivity contribution is 0.0948. The van der Waals surface area contributed by atoms with Crippen LogP contribution in [-0.4, -0.2) is 22.2 Å². The molecule has 0 aliphatic heterocycles. The summed E-state index contributed by atoms with van der Waals surface area (Å²) in [4.78, 5) is 25.3. The summed E-state index contributed by atoms with van der Waals surface area (Å²) in [7, 11) is 0. The predicted molar refractivity (Wildman–Crippen MR) is 103 cm³/mol. The lowest BCUT2D eigenvalue weighted by Gasteiger charge is -2.12. The van der Waals surface area contributed by atoms with E-state index in [0.717, 1.165) is 5.56 Å². The minimum atomic E-state index is -0.347. The van der Waals surface area contributed by atoms with E-state index in [2.05, 4.69) is 10.4 Å². The molecule has 1 amide bonds. The van der Waals surface area contributed by atoms with E-state index < -0.39 is 0 Å². The number of hydrogen-bond acceptors (Lipinski definition) is 3. The van der Waals surface area contributed by atoms with Gasteiger partial charge < -0.3 is 5.32 Å². The summed E-state index contributed by atoms with van der Waals surface area (Å²) in [6, 6.07) is 13.3. The SMILES string of the molecule is CC(C)Cn1nc(C(=O)NCCc2cccc(F)c2)c2ccccc2c1=O. The number of rotatable bonds is 6. The molecular weight excluding hydrogens is 345 g/mol. The second-order valence-corrected chi connectivity index (χ2v) is 6.91. The van der Waals surface area contributed by atoms with Gasteiger partial charge in [-0.05, 0) is 36.1 Å². The van der Waals surface area contributed by atoms with E-state index in [1.54, 1.807) is 30.3 Å². The van der Waals surface area contributed by atoms with Crippen LogP contribution in [0.1, 0.15) is 29.9 Å². The van der Waals surface area contributed by atoms with Crippen molar-refractivity contribution in [3.8, 4) is 0 Å². The summed E-state index contributed by atoms with van der Waals surface area (Å²) < 4.78 is 14.6. The van der Waals surface area contributed by atoms with Gasteiger partial charge in [0.2, 0.25) is 0 Å². The van der Waals surface area contributed by atoms with Crippen molar-refractivity contribution in [2.45, 2.75) is 26.8 Å². The molecule has 0 saturated carbocycles. The average molecular weight is 367 g/mol. The third-order valence-corrected chi connectivity index (χ3v) is 4.21. The number of carbonyl (C=O) groups excluding carboxylic acids is 1. The smallest absolute Gasteiger partial charge is 0.274 e. The first-order chi connectivity index (χ1) is 13.0. The van der Waals surface area contributed by atoms with Crippen LogP contribution in [0, 0.1) is 11.7 Å². The van der Waals surface area contributed by atoms with Crippen molar-refractivity contribution in [1.82, 2.24) is 15.1 Å². The molecule has 6 heteroatoms. The Balaban J connectivity index is 1.85. The first-order valence-corrected chi connectivity index (χ1v) is 8.98. The van der Waals surface area contributed by atoms with Crippen molar-refractivity contribution in [3.63, 3.8) is 0 Å². The van der Waals surface area contributed by atoms with Crippen LogP contribution in [-0.2, 0) is 13.0 Å². The van der Waals surface area contributed by atoms with Crippen molar-refractivity contribution >= 4 is 16.7 Å². The topological polar surface area (TPSA) is 64.0 Å². The number of aromatic nitrogens is 2. The van der Waals surface area contributed by atoms with E-state index in [1.165, 1.54) is 16.8 Å². The quantitative estimate of drug-likeness (QED) is 0.728. The van der Waals surface area contributed by atoms with E-state index in [9.17, 15) is 14.0 Å². The maximum Gasteiger partial charge on any atom is 0.274 e. The Morgan fingerprint density at radius 2 is 1.89 bits per heavy atom.